The molecule has 0 aromatic heterocycles. The van der Waals surface area contributed by atoms with Crippen LogP contribution in [0.4, 0.5) is 5.69 Å². The van der Waals surface area contributed by atoms with Crippen molar-refractivity contribution in [2.75, 3.05) is 25.1 Å². The molecule has 0 bridgehead atoms. The van der Waals surface area contributed by atoms with E-state index >= 15 is 0 Å². The number of anilines is 1. The molecule has 1 saturated heterocycles. The molecule has 1 N–H and O–H groups in total. The van der Waals surface area contributed by atoms with Crippen molar-refractivity contribution in [1.82, 2.24) is 0 Å². The molecular formula is C13H16ClNO3. The Labute approximate surface area is 111 Å². The number of carbonyl (C=O) groups is 1. The Kier molecular flexibility index (Phi) is 4.84. The maximum atomic E-state index is 11.5. The number of benzene rings is 1. The van der Waals surface area contributed by atoms with E-state index < -0.39 is 0 Å². The number of hydrogen-bond acceptors (Lipinski definition) is 4. The minimum Gasteiger partial charge on any atom is -0.462 e. The van der Waals surface area contributed by atoms with Crippen molar-refractivity contribution in [3.63, 3.8) is 0 Å². The van der Waals surface area contributed by atoms with Crippen LogP contribution in [0.15, 0.2) is 24.3 Å². The highest BCUT2D eigenvalue weighted by atomic mass is 35.5. The summed E-state index contributed by atoms with van der Waals surface area (Å²) in [5.74, 6) is -0.277. The van der Waals surface area contributed by atoms with E-state index in [0.717, 1.165) is 25.1 Å². The summed E-state index contributed by atoms with van der Waals surface area (Å²) in [4.78, 5) is 11.5. The lowest BCUT2D eigenvalue weighted by Gasteiger charge is -2.11. The van der Waals surface area contributed by atoms with Crippen LogP contribution in [0, 0.1) is 0 Å². The molecule has 18 heavy (non-hydrogen) atoms. The van der Waals surface area contributed by atoms with E-state index in [1.165, 1.54) is 0 Å². The highest BCUT2D eigenvalue weighted by molar-refractivity contribution is 6.30. The molecule has 1 heterocycles. The number of rotatable bonds is 5. The van der Waals surface area contributed by atoms with Crippen molar-refractivity contribution in [1.29, 1.82) is 0 Å². The van der Waals surface area contributed by atoms with Crippen molar-refractivity contribution in [3.05, 3.63) is 29.3 Å². The fourth-order valence-corrected chi connectivity index (χ4v) is 1.88. The summed E-state index contributed by atoms with van der Waals surface area (Å²) in [5.41, 5.74) is 0.841. The van der Waals surface area contributed by atoms with E-state index in [1.807, 2.05) is 12.1 Å². The first-order chi connectivity index (χ1) is 8.74. The minimum absolute atomic E-state index is 0.0736. The fraction of sp³-hybridized carbons (Fsp3) is 0.462. The van der Waals surface area contributed by atoms with Gasteiger partial charge < -0.3 is 14.8 Å². The monoisotopic (exact) mass is 269 g/mol. The van der Waals surface area contributed by atoms with E-state index in [9.17, 15) is 4.79 Å². The lowest BCUT2D eigenvalue weighted by molar-refractivity contribution is -0.144. The second-order valence-corrected chi connectivity index (χ2v) is 4.61. The van der Waals surface area contributed by atoms with E-state index in [4.69, 9.17) is 21.1 Å². The predicted molar refractivity (Wildman–Crippen MR) is 69.9 cm³/mol. The molecule has 1 aromatic carbocycles. The zero-order valence-electron chi connectivity index (χ0n) is 10.0. The molecule has 4 nitrogen and oxygen atoms in total. The van der Waals surface area contributed by atoms with E-state index in [0.29, 0.717) is 11.6 Å². The highest BCUT2D eigenvalue weighted by Crippen LogP contribution is 2.14. The Bertz CT molecular complexity index is 388. The van der Waals surface area contributed by atoms with Crippen LogP contribution in [0.1, 0.15) is 12.8 Å². The van der Waals surface area contributed by atoms with Gasteiger partial charge in [-0.25, -0.2) is 0 Å². The summed E-state index contributed by atoms with van der Waals surface area (Å²) >= 11 is 5.76. The van der Waals surface area contributed by atoms with E-state index in [1.54, 1.807) is 12.1 Å². The smallest absolute Gasteiger partial charge is 0.325 e. The normalized spacial score (nSPS) is 18.6. The Balaban J connectivity index is 1.66. The topological polar surface area (TPSA) is 47.6 Å². The van der Waals surface area contributed by atoms with Gasteiger partial charge in [-0.3, -0.25) is 4.79 Å². The van der Waals surface area contributed by atoms with E-state index in [-0.39, 0.29) is 18.6 Å². The van der Waals surface area contributed by atoms with E-state index in [2.05, 4.69) is 5.32 Å². The third kappa shape index (κ3) is 4.20. The average Bonchev–Trinajstić information content (AvgIpc) is 2.89. The summed E-state index contributed by atoms with van der Waals surface area (Å²) in [6.45, 7) is 1.26. The van der Waals surface area contributed by atoms with Crippen molar-refractivity contribution < 1.29 is 14.3 Å². The van der Waals surface area contributed by atoms with Crippen LogP contribution in [0.2, 0.25) is 5.02 Å². The van der Waals surface area contributed by atoms with Gasteiger partial charge in [0.15, 0.2) is 0 Å². The van der Waals surface area contributed by atoms with Gasteiger partial charge in [0.1, 0.15) is 13.2 Å². The number of hydrogen-bond donors (Lipinski definition) is 1. The van der Waals surface area contributed by atoms with Crippen molar-refractivity contribution in [2.24, 2.45) is 0 Å². The lowest BCUT2D eigenvalue weighted by Crippen LogP contribution is -2.22. The summed E-state index contributed by atoms with van der Waals surface area (Å²) in [5, 5.41) is 3.64. The minimum atomic E-state index is -0.277. The first-order valence-corrected chi connectivity index (χ1v) is 6.38. The number of carbonyl (C=O) groups excluding carboxylic acids is 1. The summed E-state index contributed by atoms with van der Waals surface area (Å²) < 4.78 is 10.5. The Morgan fingerprint density at radius 1 is 1.44 bits per heavy atom. The highest BCUT2D eigenvalue weighted by Gasteiger charge is 2.17. The van der Waals surface area contributed by atoms with Crippen molar-refractivity contribution in [3.8, 4) is 0 Å². The Morgan fingerprint density at radius 2 is 2.22 bits per heavy atom. The molecule has 0 radical (unpaired) electrons. The van der Waals surface area contributed by atoms with Crippen LogP contribution in [0.25, 0.3) is 0 Å². The largest absolute Gasteiger partial charge is 0.462 e. The molecule has 0 spiro atoms. The zero-order chi connectivity index (χ0) is 12.8. The molecule has 1 atom stereocenters. The zero-order valence-corrected chi connectivity index (χ0v) is 10.8. The van der Waals surface area contributed by atoms with Crippen LogP contribution in [0.5, 0.6) is 0 Å². The van der Waals surface area contributed by atoms with Crippen LogP contribution in [-0.2, 0) is 14.3 Å². The molecule has 1 aliphatic heterocycles. The molecule has 1 unspecified atom stereocenters. The molecule has 1 fully saturated rings. The second-order valence-electron chi connectivity index (χ2n) is 4.18. The van der Waals surface area contributed by atoms with Crippen LogP contribution < -0.4 is 5.32 Å². The van der Waals surface area contributed by atoms with Gasteiger partial charge in [0, 0.05) is 17.3 Å². The standard InChI is InChI=1S/C13H16ClNO3/c14-10-3-5-11(6-4-10)15-8-13(16)18-9-12-2-1-7-17-12/h3-6,12,15H,1-2,7-9H2. The van der Waals surface area contributed by atoms with Gasteiger partial charge in [-0.15, -0.1) is 0 Å². The quantitative estimate of drug-likeness (QED) is 0.835. The molecule has 98 valence electrons. The summed E-state index contributed by atoms with van der Waals surface area (Å²) in [7, 11) is 0. The van der Waals surface area contributed by atoms with Crippen LogP contribution >= 0.6 is 11.6 Å². The van der Waals surface area contributed by atoms with Crippen molar-refractivity contribution >= 4 is 23.3 Å². The molecular weight excluding hydrogens is 254 g/mol. The summed E-state index contributed by atoms with van der Waals surface area (Å²) in [6, 6.07) is 7.16. The lowest BCUT2D eigenvalue weighted by atomic mass is 10.2. The first-order valence-electron chi connectivity index (χ1n) is 6.01. The number of esters is 1. The maximum Gasteiger partial charge on any atom is 0.325 e. The Morgan fingerprint density at radius 3 is 2.89 bits per heavy atom. The third-order valence-electron chi connectivity index (χ3n) is 2.74. The van der Waals surface area contributed by atoms with Crippen molar-refractivity contribution in [2.45, 2.75) is 18.9 Å². The van der Waals surface area contributed by atoms with Gasteiger partial charge in [-0.2, -0.15) is 0 Å². The van der Waals surface area contributed by atoms with Gasteiger partial charge in [0.25, 0.3) is 0 Å². The maximum absolute atomic E-state index is 11.5. The molecule has 0 amide bonds. The van der Waals surface area contributed by atoms with Gasteiger partial charge in [0.2, 0.25) is 0 Å². The third-order valence-corrected chi connectivity index (χ3v) is 2.99. The molecule has 0 saturated carbocycles. The molecule has 5 heteroatoms. The van der Waals surface area contributed by atoms with Crippen LogP contribution in [-0.4, -0.2) is 31.8 Å². The van der Waals surface area contributed by atoms with Gasteiger partial charge in [-0.05, 0) is 37.1 Å². The van der Waals surface area contributed by atoms with Gasteiger partial charge in [0.05, 0.1) is 6.10 Å². The molecule has 1 aliphatic rings. The molecule has 2 rings (SSSR count). The number of ether oxygens (including phenoxy) is 2. The van der Waals surface area contributed by atoms with Gasteiger partial charge in [-0.1, -0.05) is 11.6 Å². The molecule has 1 aromatic rings. The average molecular weight is 270 g/mol. The first kappa shape index (κ1) is 13.2. The second kappa shape index (κ2) is 6.61. The van der Waals surface area contributed by atoms with Gasteiger partial charge >= 0.3 is 5.97 Å². The van der Waals surface area contributed by atoms with Crippen LogP contribution in [0.3, 0.4) is 0 Å². The fourth-order valence-electron chi connectivity index (χ4n) is 1.75. The Hall–Kier alpha value is -1.26. The number of nitrogens with one attached hydrogen (secondary N) is 1. The SMILES string of the molecule is O=C(CNc1ccc(Cl)cc1)OCC1CCCO1. The number of halogens is 1. The molecule has 0 aliphatic carbocycles. The predicted octanol–water partition coefficient (Wildman–Crippen LogP) is 2.47. The summed E-state index contributed by atoms with van der Waals surface area (Å²) in [6.07, 6.45) is 2.09.